The smallest absolute Gasteiger partial charge is 0.0159 e. The molecule has 0 radical (unpaired) electrons. The highest BCUT2D eigenvalue weighted by atomic mass is 79.9. The molecule has 78 valence electrons. The fourth-order valence-corrected chi connectivity index (χ4v) is 1.96. The number of hydrogen-bond acceptors (Lipinski definition) is 1. The SMILES string of the molecule is CC(C)(C)CCN(CCBr)C1CC1. The van der Waals surface area contributed by atoms with Gasteiger partial charge in [0.25, 0.3) is 0 Å². The Bertz CT molecular complexity index is 147. The van der Waals surface area contributed by atoms with Gasteiger partial charge in [-0.1, -0.05) is 36.7 Å². The van der Waals surface area contributed by atoms with Crippen LogP contribution in [0.4, 0.5) is 0 Å². The average molecular weight is 248 g/mol. The Balaban J connectivity index is 2.22. The van der Waals surface area contributed by atoms with Crippen LogP contribution in [0.1, 0.15) is 40.0 Å². The van der Waals surface area contributed by atoms with Gasteiger partial charge in [-0.05, 0) is 31.2 Å². The number of nitrogens with zero attached hydrogens (tertiary/aromatic N) is 1. The van der Waals surface area contributed by atoms with Crippen molar-refractivity contribution < 1.29 is 0 Å². The second-order valence-corrected chi connectivity index (χ2v) is 6.06. The largest absolute Gasteiger partial charge is 0.300 e. The molecule has 1 rings (SSSR count). The van der Waals surface area contributed by atoms with Gasteiger partial charge in [0, 0.05) is 17.9 Å². The summed E-state index contributed by atoms with van der Waals surface area (Å²) in [5, 5.41) is 1.12. The zero-order valence-electron chi connectivity index (χ0n) is 9.15. The zero-order chi connectivity index (χ0) is 9.90. The molecule has 0 N–H and O–H groups in total. The van der Waals surface area contributed by atoms with E-state index in [9.17, 15) is 0 Å². The van der Waals surface area contributed by atoms with E-state index in [0.717, 1.165) is 11.4 Å². The average Bonchev–Trinajstić information content (AvgIpc) is 2.78. The molecule has 0 aromatic carbocycles. The van der Waals surface area contributed by atoms with Gasteiger partial charge in [0.1, 0.15) is 0 Å². The van der Waals surface area contributed by atoms with Gasteiger partial charge in [-0.25, -0.2) is 0 Å². The van der Waals surface area contributed by atoms with Crippen LogP contribution in [0.15, 0.2) is 0 Å². The van der Waals surface area contributed by atoms with Crippen molar-refractivity contribution in [3.05, 3.63) is 0 Å². The molecule has 0 amide bonds. The van der Waals surface area contributed by atoms with Gasteiger partial charge >= 0.3 is 0 Å². The highest BCUT2D eigenvalue weighted by Gasteiger charge is 2.28. The first-order valence-corrected chi connectivity index (χ1v) is 6.45. The van der Waals surface area contributed by atoms with Crippen LogP contribution in [0, 0.1) is 5.41 Å². The second kappa shape index (κ2) is 4.79. The third-order valence-electron chi connectivity index (χ3n) is 2.58. The van der Waals surface area contributed by atoms with E-state index in [1.807, 2.05) is 0 Å². The third kappa shape index (κ3) is 5.02. The van der Waals surface area contributed by atoms with Crippen molar-refractivity contribution in [3.8, 4) is 0 Å². The number of hydrogen-bond donors (Lipinski definition) is 0. The van der Waals surface area contributed by atoms with Gasteiger partial charge in [-0.3, -0.25) is 4.90 Å². The van der Waals surface area contributed by atoms with Crippen molar-refractivity contribution in [2.75, 3.05) is 18.4 Å². The van der Waals surface area contributed by atoms with Crippen LogP contribution >= 0.6 is 15.9 Å². The van der Waals surface area contributed by atoms with Crippen molar-refractivity contribution in [1.82, 2.24) is 4.90 Å². The monoisotopic (exact) mass is 247 g/mol. The Labute approximate surface area is 91.0 Å². The molecular formula is C11H22BrN. The van der Waals surface area contributed by atoms with E-state index in [-0.39, 0.29) is 0 Å². The molecule has 0 atom stereocenters. The molecule has 0 aromatic heterocycles. The summed E-state index contributed by atoms with van der Waals surface area (Å²) in [6, 6.07) is 0.917. The van der Waals surface area contributed by atoms with Crippen molar-refractivity contribution in [2.45, 2.75) is 46.1 Å². The predicted molar refractivity (Wildman–Crippen MR) is 62.5 cm³/mol. The third-order valence-corrected chi connectivity index (χ3v) is 2.94. The number of halogens is 1. The summed E-state index contributed by atoms with van der Waals surface area (Å²) in [6.45, 7) is 9.48. The lowest BCUT2D eigenvalue weighted by molar-refractivity contribution is 0.231. The molecule has 0 spiro atoms. The summed E-state index contributed by atoms with van der Waals surface area (Å²) in [6.07, 6.45) is 4.17. The Morgan fingerprint density at radius 3 is 2.23 bits per heavy atom. The molecule has 0 aliphatic heterocycles. The van der Waals surface area contributed by atoms with E-state index < -0.39 is 0 Å². The van der Waals surface area contributed by atoms with E-state index in [2.05, 4.69) is 41.6 Å². The molecule has 1 aliphatic carbocycles. The first kappa shape index (κ1) is 11.5. The summed E-state index contributed by atoms with van der Waals surface area (Å²) < 4.78 is 0. The van der Waals surface area contributed by atoms with Crippen molar-refractivity contribution in [3.63, 3.8) is 0 Å². The van der Waals surface area contributed by atoms with Gasteiger partial charge in [-0.15, -0.1) is 0 Å². The first-order valence-electron chi connectivity index (χ1n) is 5.33. The Hall–Kier alpha value is 0.440. The number of rotatable bonds is 5. The predicted octanol–water partition coefficient (Wildman–Crippen LogP) is 3.28. The van der Waals surface area contributed by atoms with Crippen molar-refractivity contribution >= 4 is 15.9 Å². The molecule has 0 aromatic rings. The van der Waals surface area contributed by atoms with E-state index in [0.29, 0.717) is 5.41 Å². The fourth-order valence-electron chi connectivity index (χ4n) is 1.50. The van der Waals surface area contributed by atoms with Gasteiger partial charge in [0.05, 0.1) is 0 Å². The molecule has 2 heteroatoms. The normalized spacial score (nSPS) is 18.2. The minimum atomic E-state index is 0.486. The molecular weight excluding hydrogens is 226 g/mol. The topological polar surface area (TPSA) is 3.24 Å². The lowest BCUT2D eigenvalue weighted by atomic mass is 9.92. The first-order chi connectivity index (χ1) is 6.03. The summed E-state index contributed by atoms with van der Waals surface area (Å²) in [4.78, 5) is 2.64. The van der Waals surface area contributed by atoms with Crippen LogP contribution in [-0.4, -0.2) is 29.4 Å². The molecule has 0 unspecified atom stereocenters. The quantitative estimate of drug-likeness (QED) is 0.675. The van der Waals surface area contributed by atoms with Gasteiger partial charge in [0.15, 0.2) is 0 Å². The van der Waals surface area contributed by atoms with Gasteiger partial charge in [-0.2, -0.15) is 0 Å². The van der Waals surface area contributed by atoms with Crippen LogP contribution in [0.25, 0.3) is 0 Å². The van der Waals surface area contributed by atoms with E-state index in [1.54, 1.807) is 0 Å². The maximum atomic E-state index is 3.52. The highest BCUT2D eigenvalue weighted by molar-refractivity contribution is 9.09. The van der Waals surface area contributed by atoms with Gasteiger partial charge in [0.2, 0.25) is 0 Å². The summed E-state index contributed by atoms with van der Waals surface area (Å²) >= 11 is 3.52. The van der Waals surface area contributed by atoms with Crippen LogP contribution in [0.2, 0.25) is 0 Å². The van der Waals surface area contributed by atoms with E-state index in [1.165, 1.54) is 32.4 Å². The molecule has 1 saturated carbocycles. The standard InChI is InChI=1S/C11H22BrN/c1-11(2,3)6-8-13(9-7-12)10-4-5-10/h10H,4-9H2,1-3H3. The van der Waals surface area contributed by atoms with Crippen molar-refractivity contribution in [1.29, 1.82) is 0 Å². The molecule has 0 bridgehead atoms. The minimum absolute atomic E-state index is 0.486. The molecule has 13 heavy (non-hydrogen) atoms. The molecule has 0 saturated heterocycles. The Morgan fingerprint density at radius 1 is 1.23 bits per heavy atom. The van der Waals surface area contributed by atoms with E-state index in [4.69, 9.17) is 0 Å². The van der Waals surface area contributed by atoms with Gasteiger partial charge < -0.3 is 0 Å². The minimum Gasteiger partial charge on any atom is -0.300 e. The maximum Gasteiger partial charge on any atom is 0.0159 e. The Kier molecular flexibility index (Phi) is 4.24. The zero-order valence-corrected chi connectivity index (χ0v) is 10.7. The summed E-state index contributed by atoms with van der Waals surface area (Å²) in [5.41, 5.74) is 0.486. The molecule has 0 heterocycles. The van der Waals surface area contributed by atoms with Crippen LogP contribution in [-0.2, 0) is 0 Å². The van der Waals surface area contributed by atoms with Crippen LogP contribution in [0.3, 0.4) is 0 Å². The second-order valence-electron chi connectivity index (χ2n) is 5.27. The highest BCUT2D eigenvalue weighted by Crippen LogP contribution is 2.28. The lowest BCUT2D eigenvalue weighted by Gasteiger charge is -2.26. The van der Waals surface area contributed by atoms with E-state index >= 15 is 0 Å². The van der Waals surface area contributed by atoms with Crippen LogP contribution < -0.4 is 0 Å². The number of alkyl halides is 1. The maximum absolute atomic E-state index is 3.52. The van der Waals surface area contributed by atoms with Crippen LogP contribution in [0.5, 0.6) is 0 Å². The fraction of sp³-hybridized carbons (Fsp3) is 1.00. The summed E-state index contributed by atoms with van der Waals surface area (Å²) in [7, 11) is 0. The Morgan fingerprint density at radius 2 is 1.85 bits per heavy atom. The van der Waals surface area contributed by atoms with Crippen molar-refractivity contribution in [2.24, 2.45) is 5.41 Å². The lowest BCUT2D eigenvalue weighted by Crippen LogP contribution is -2.31. The summed E-state index contributed by atoms with van der Waals surface area (Å²) in [5.74, 6) is 0. The molecule has 1 nitrogen and oxygen atoms in total. The molecule has 1 fully saturated rings. The molecule has 1 aliphatic rings.